The molecule has 0 aliphatic carbocycles. The number of hydrogen-bond donors (Lipinski definition) is 5. The van der Waals surface area contributed by atoms with Crippen molar-refractivity contribution >= 4 is 27.7 Å². The average Bonchev–Trinajstić information content (AvgIpc) is 3.22. The molecule has 2 atom stereocenters. The van der Waals surface area contributed by atoms with Gasteiger partial charge in [-0.25, -0.2) is 9.18 Å². The normalized spacial score (nSPS) is 25.2. The summed E-state index contributed by atoms with van der Waals surface area (Å²) in [5.74, 6) is 0.243. The highest BCUT2D eigenvalue weighted by Crippen LogP contribution is 2.49. The molecule has 4 N–H and O–H groups in total. The van der Waals surface area contributed by atoms with Crippen molar-refractivity contribution in [3.63, 3.8) is 0 Å². The second kappa shape index (κ2) is 8.87. The Bertz CT molecular complexity index is 1250. The molecule has 4 rings (SSSR count). The number of rotatable bonds is 5. The van der Waals surface area contributed by atoms with E-state index >= 15 is 4.39 Å². The number of halogens is 1. The highest BCUT2D eigenvalue weighted by molar-refractivity contribution is 8.04. The van der Waals surface area contributed by atoms with Crippen molar-refractivity contribution in [2.75, 3.05) is 19.0 Å². The van der Waals surface area contributed by atoms with E-state index < -0.39 is 37.6 Å². The number of aliphatic imine (C=N–C) groups is 1. The maximum absolute atomic E-state index is 15.3. The van der Waals surface area contributed by atoms with Gasteiger partial charge < -0.3 is 15.2 Å². The Kier molecular flexibility index (Phi) is 6.35. The molecule has 1 aromatic heterocycles. The summed E-state index contributed by atoms with van der Waals surface area (Å²) in [4.78, 5) is 20.7. The van der Waals surface area contributed by atoms with Gasteiger partial charge in [-0.1, -0.05) is 0 Å². The summed E-state index contributed by atoms with van der Waals surface area (Å²) >= 11 is 0. The number of amides is 1. The minimum atomic E-state index is -3.20. The Balaban J connectivity index is 1.73. The van der Waals surface area contributed by atoms with Gasteiger partial charge in [-0.15, -0.1) is 0 Å². The molecule has 0 saturated carbocycles. The molecule has 1 saturated heterocycles. The topological polar surface area (TPSA) is 125 Å². The number of aryl methyl sites for hydroxylation is 1. The molecule has 1 amide bonds. The zero-order chi connectivity index (χ0) is 25.6. The van der Waals surface area contributed by atoms with Crippen LogP contribution >= 0.6 is 0 Å². The highest BCUT2D eigenvalue weighted by atomic mass is 32.3. The molecule has 1 aromatic carbocycles. The molecule has 9 nitrogen and oxygen atoms in total. The predicted octanol–water partition coefficient (Wildman–Crippen LogP) is 3.12. The first-order chi connectivity index (χ1) is 16.4. The van der Waals surface area contributed by atoms with E-state index in [2.05, 4.69) is 20.3 Å². The lowest BCUT2D eigenvalue weighted by atomic mass is 9.85. The van der Waals surface area contributed by atoms with Gasteiger partial charge in [0.05, 0.1) is 35.5 Å². The number of anilines is 1. The molecule has 0 bridgehead atoms. The van der Waals surface area contributed by atoms with Gasteiger partial charge >= 0.3 is 6.09 Å². The molecule has 11 heteroatoms. The van der Waals surface area contributed by atoms with Gasteiger partial charge in [0, 0.05) is 17.8 Å². The van der Waals surface area contributed by atoms with Gasteiger partial charge in [-0.2, -0.15) is 0 Å². The van der Waals surface area contributed by atoms with Crippen LogP contribution < -0.4 is 20.1 Å². The molecule has 0 spiro atoms. The maximum atomic E-state index is 15.3. The summed E-state index contributed by atoms with van der Waals surface area (Å²) < 4.78 is 36.8. The smallest absolute Gasteiger partial charge is 0.410 e. The van der Waals surface area contributed by atoms with Crippen molar-refractivity contribution in [3.8, 4) is 5.75 Å². The minimum absolute atomic E-state index is 0.0669. The van der Waals surface area contributed by atoms with E-state index in [1.807, 2.05) is 13.0 Å². The number of fused-ring (bicyclic) bond motifs is 1. The first kappa shape index (κ1) is 25.1. The third kappa shape index (κ3) is 4.16. The van der Waals surface area contributed by atoms with E-state index in [0.717, 1.165) is 11.3 Å². The number of methoxy groups -OCH3 is 1. The maximum Gasteiger partial charge on any atom is 0.410 e. The van der Waals surface area contributed by atoms with Crippen LogP contribution in [0.2, 0.25) is 0 Å². The summed E-state index contributed by atoms with van der Waals surface area (Å²) in [5.41, 5.74) is 1.44. The van der Waals surface area contributed by atoms with Gasteiger partial charge in [0.1, 0.15) is 22.9 Å². The Morgan fingerprint density at radius 3 is 2.74 bits per heavy atom. The highest BCUT2D eigenvalue weighted by Gasteiger charge is 2.59. The van der Waals surface area contributed by atoms with Gasteiger partial charge in [-0.3, -0.25) is 24.2 Å². The summed E-state index contributed by atoms with van der Waals surface area (Å²) in [7, 11) is -1.62. The monoisotopic (exact) mass is 505 g/mol. The summed E-state index contributed by atoms with van der Waals surface area (Å²) in [6.45, 7) is 7.98. The number of aromatic nitrogens is 1. The van der Waals surface area contributed by atoms with Gasteiger partial charge in [0.15, 0.2) is 0 Å². The molecule has 35 heavy (non-hydrogen) atoms. The molecule has 2 aliphatic rings. The fourth-order valence-corrected chi connectivity index (χ4v) is 8.76. The van der Waals surface area contributed by atoms with E-state index in [4.69, 9.17) is 9.73 Å². The van der Waals surface area contributed by atoms with Crippen LogP contribution in [0.1, 0.15) is 44.0 Å². The molecule has 2 aliphatic heterocycles. The lowest BCUT2D eigenvalue weighted by Gasteiger charge is -2.51. The molecular formula is C24H32FN5O4S. The van der Waals surface area contributed by atoms with E-state index in [-0.39, 0.29) is 11.4 Å². The van der Waals surface area contributed by atoms with Crippen molar-refractivity contribution in [3.05, 3.63) is 53.1 Å². The van der Waals surface area contributed by atoms with Crippen LogP contribution in [0.4, 0.5) is 14.9 Å². The first-order valence-electron chi connectivity index (χ1n) is 11.4. The van der Waals surface area contributed by atoms with Crippen LogP contribution in [-0.2, 0) is 22.2 Å². The lowest BCUT2D eigenvalue weighted by molar-refractivity contribution is 0.199. The van der Waals surface area contributed by atoms with Crippen LogP contribution in [-0.4, -0.2) is 49.9 Å². The van der Waals surface area contributed by atoms with Crippen molar-refractivity contribution in [1.82, 2.24) is 15.0 Å². The number of nitrogens with zero attached hydrogens (tertiary/aromatic N) is 2. The Morgan fingerprint density at radius 1 is 1.34 bits per heavy atom. The average molecular weight is 506 g/mol. The number of pyridine rings is 1. The number of carbonyl (C=O) groups is 1. The van der Waals surface area contributed by atoms with Crippen LogP contribution in [0, 0.1) is 12.7 Å². The largest absolute Gasteiger partial charge is 0.495 e. The van der Waals surface area contributed by atoms with Crippen LogP contribution in [0.3, 0.4) is 0 Å². The molecule has 0 unspecified atom stereocenters. The number of hydrogen-bond acceptors (Lipinski definition) is 6. The number of carboxylic acid groups (broad SMARTS) is 1. The minimum Gasteiger partial charge on any atom is -0.495 e. The lowest BCUT2D eigenvalue weighted by Crippen LogP contribution is -2.65. The Hall–Kier alpha value is -3.05. The molecule has 1 fully saturated rings. The molecular weight excluding hydrogens is 473 g/mol. The van der Waals surface area contributed by atoms with E-state index in [1.54, 1.807) is 46.2 Å². The standard InChI is InChI=1S/C24H32FN5O4S/c1-14-10-16(34-5)12-27-19(14)13-26-15-6-7-18(25)17(11-15)24(4)20-8-9-28-35(20,33)23(2,3)21(30-24)29-22(31)32/h6-7,10-12,20,26,35H,8-9,13H2,1-5H3,(H,28,33)(H,29,30)(H,31,32)/t20-,24+/m0/s1. The third-order valence-electron chi connectivity index (χ3n) is 7.20. The van der Waals surface area contributed by atoms with Crippen LogP contribution in [0.15, 0.2) is 35.5 Å². The van der Waals surface area contributed by atoms with Crippen LogP contribution in [0.25, 0.3) is 0 Å². The van der Waals surface area contributed by atoms with Gasteiger partial charge in [0.25, 0.3) is 0 Å². The molecule has 190 valence electrons. The quantitative estimate of drug-likeness (QED) is 0.398. The number of thiol groups is 1. The zero-order valence-corrected chi connectivity index (χ0v) is 21.4. The second-order valence-electron chi connectivity index (χ2n) is 9.65. The van der Waals surface area contributed by atoms with E-state index in [1.165, 1.54) is 6.07 Å². The third-order valence-corrected chi connectivity index (χ3v) is 11.4. The number of nitrogens with one attached hydrogen (secondary N) is 3. The van der Waals surface area contributed by atoms with Crippen molar-refractivity contribution in [1.29, 1.82) is 0 Å². The van der Waals surface area contributed by atoms with Gasteiger partial charge in [-0.05, 0) is 74.1 Å². The van der Waals surface area contributed by atoms with Crippen molar-refractivity contribution < 1.29 is 23.2 Å². The van der Waals surface area contributed by atoms with E-state index in [0.29, 0.717) is 30.9 Å². The van der Waals surface area contributed by atoms with Crippen molar-refractivity contribution in [2.24, 2.45) is 4.99 Å². The fourth-order valence-electron chi connectivity index (χ4n) is 5.09. The first-order valence-corrected chi connectivity index (χ1v) is 13.2. The Labute approximate surface area is 205 Å². The molecule has 2 aromatic rings. The molecule has 0 radical (unpaired) electrons. The number of amidine groups is 1. The second-order valence-corrected chi connectivity index (χ2v) is 13.0. The van der Waals surface area contributed by atoms with Crippen molar-refractivity contribution in [2.45, 2.75) is 56.2 Å². The Morgan fingerprint density at radius 2 is 2.09 bits per heavy atom. The summed E-state index contributed by atoms with van der Waals surface area (Å²) in [6, 6.07) is 6.53. The van der Waals surface area contributed by atoms with E-state index in [9.17, 15) is 14.1 Å². The van der Waals surface area contributed by atoms with Gasteiger partial charge in [0.2, 0.25) is 0 Å². The van der Waals surface area contributed by atoms with Crippen LogP contribution in [0.5, 0.6) is 5.75 Å². The fraction of sp³-hybridized carbons (Fsp3) is 0.458. The predicted molar refractivity (Wildman–Crippen MR) is 135 cm³/mol. The number of ether oxygens (including phenoxy) is 1. The summed E-state index contributed by atoms with van der Waals surface area (Å²) in [5, 5.41) is 14.5. The SMILES string of the molecule is COc1cnc(CNc2ccc(F)c([C@@]3(C)N=C(NC(=O)O)C(C)(C)[SH]4(=O)NCC[C@@H]34)c2)c(C)c1. The summed E-state index contributed by atoms with van der Waals surface area (Å²) in [6.07, 6.45) is 0.871. The zero-order valence-electron chi connectivity index (χ0n) is 20.5. The molecule has 3 heterocycles. The number of benzene rings is 1.